The van der Waals surface area contributed by atoms with Crippen LogP contribution in [0.4, 0.5) is 4.79 Å². The highest BCUT2D eigenvalue weighted by Crippen LogP contribution is 2.24. The lowest BCUT2D eigenvalue weighted by atomic mass is 10.1. The smallest absolute Gasteiger partial charge is 0.429 e. The van der Waals surface area contributed by atoms with Crippen molar-refractivity contribution in [1.29, 1.82) is 0 Å². The second-order valence-electron chi connectivity index (χ2n) is 8.56. The number of hydrogen-bond acceptors (Lipinski definition) is 6. The summed E-state index contributed by atoms with van der Waals surface area (Å²) in [6.07, 6.45) is 1.59. The number of amides is 2. The lowest BCUT2D eigenvalue weighted by molar-refractivity contribution is 0.0134. The molecule has 0 spiro atoms. The van der Waals surface area contributed by atoms with Gasteiger partial charge in [0.1, 0.15) is 5.60 Å². The number of nitrogens with zero attached hydrogens (tertiary/aromatic N) is 3. The van der Waals surface area contributed by atoms with Gasteiger partial charge in [0.25, 0.3) is 5.91 Å². The molecule has 9 nitrogen and oxygen atoms in total. The summed E-state index contributed by atoms with van der Waals surface area (Å²) >= 11 is 0. The van der Waals surface area contributed by atoms with Crippen molar-refractivity contribution in [3.05, 3.63) is 72.1 Å². The summed E-state index contributed by atoms with van der Waals surface area (Å²) in [4.78, 5) is 25.6. The first-order valence-electron chi connectivity index (χ1n) is 10.5. The van der Waals surface area contributed by atoms with Gasteiger partial charge < -0.3 is 9.26 Å². The molecule has 9 heteroatoms. The number of fused-ring (bicyclic) bond motifs is 1. The molecule has 4 rings (SSSR count). The van der Waals surface area contributed by atoms with Crippen LogP contribution in [0.15, 0.2) is 65.3 Å². The number of H-pyrrole nitrogens is 1. The Morgan fingerprint density at radius 1 is 1.12 bits per heavy atom. The van der Waals surface area contributed by atoms with Gasteiger partial charge in [-0.2, -0.15) is 5.10 Å². The van der Waals surface area contributed by atoms with Crippen LogP contribution in [0, 0.1) is 0 Å². The first kappa shape index (κ1) is 22.1. The van der Waals surface area contributed by atoms with Crippen molar-refractivity contribution in [3.63, 3.8) is 0 Å². The summed E-state index contributed by atoms with van der Waals surface area (Å²) in [6.45, 7) is 5.53. The Bertz CT molecular complexity index is 1260. The molecule has 2 amide bonds. The molecule has 0 bridgehead atoms. The molecule has 0 aliphatic heterocycles. The van der Waals surface area contributed by atoms with Gasteiger partial charge in [-0.15, -0.1) is 0 Å². The van der Waals surface area contributed by atoms with Crippen LogP contribution in [-0.2, 0) is 11.2 Å². The maximum atomic E-state index is 12.9. The molecule has 2 heterocycles. The number of benzene rings is 2. The first-order chi connectivity index (χ1) is 15.8. The number of ether oxygens (including phenoxy) is 1. The summed E-state index contributed by atoms with van der Waals surface area (Å²) < 4.78 is 10.8. The Kier molecular flexibility index (Phi) is 6.12. The van der Waals surface area contributed by atoms with Gasteiger partial charge in [-0.05, 0) is 51.0 Å². The molecule has 0 saturated heterocycles. The van der Waals surface area contributed by atoms with Crippen LogP contribution >= 0.6 is 0 Å². The highest BCUT2D eigenvalue weighted by molar-refractivity contribution is 5.94. The fourth-order valence-electron chi connectivity index (χ4n) is 3.19. The van der Waals surface area contributed by atoms with Gasteiger partial charge in [0, 0.05) is 23.6 Å². The third-order valence-corrected chi connectivity index (χ3v) is 4.78. The van der Waals surface area contributed by atoms with Crippen LogP contribution < -0.4 is 5.43 Å². The van der Waals surface area contributed by atoms with Crippen molar-refractivity contribution in [1.82, 2.24) is 25.8 Å². The van der Waals surface area contributed by atoms with Gasteiger partial charge in [-0.3, -0.25) is 15.3 Å². The van der Waals surface area contributed by atoms with E-state index in [4.69, 9.17) is 9.26 Å². The van der Waals surface area contributed by atoms with Gasteiger partial charge in [0.2, 0.25) is 0 Å². The average molecular weight is 447 g/mol. The van der Waals surface area contributed by atoms with Gasteiger partial charge in [-0.25, -0.2) is 9.80 Å². The Morgan fingerprint density at radius 3 is 2.67 bits per heavy atom. The second-order valence-corrected chi connectivity index (χ2v) is 8.56. The lowest BCUT2D eigenvalue weighted by Gasteiger charge is -2.27. The van der Waals surface area contributed by atoms with Crippen LogP contribution in [0.25, 0.3) is 22.2 Å². The highest BCUT2D eigenvalue weighted by Gasteiger charge is 2.25. The molecule has 0 radical (unpaired) electrons. The molecular weight excluding hydrogens is 422 g/mol. The van der Waals surface area contributed by atoms with Crippen molar-refractivity contribution < 1.29 is 18.8 Å². The van der Waals surface area contributed by atoms with Crippen molar-refractivity contribution in [2.24, 2.45) is 0 Å². The van der Waals surface area contributed by atoms with E-state index in [9.17, 15) is 9.59 Å². The van der Waals surface area contributed by atoms with E-state index in [1.807, 2.05) is 48.5 Å². The van der Waals surface area contributed by atoms with Crippen LogP contribution in [0.5, 0.6) is 0 Å². The minimum absolute atomic E-state index is 0.0468. The Balaban J connectivity index is 1.49. The van der Waals surface area contributed by atoms with Gasteiger partial charge in [0.05, 0.1) is 11.7 Å². The van der Waals surface area contributed by atoms with E-state index in [1.54, 1.807) is 27.0 Å². The fourth-order valence-corrected chi connectivity index (χ4v) is 3.19. The zero-order valence-electron chi connectivity index (χ0n) is 18.7. The molecule has 2 aromatic carbocycles. The third kappa shape index (κ3) is 5.57. The monoisotopic (exact) mass is 447 g/mol. The predicted molar refractivity (Wildman–Crippen MR) is 122 cm³/mol. The minimum atomic E-state index is -0.709. The normalized spacial score (nSPS) is 11.4. The summed E-state index contributed by atoms with van der Waals surface area (Å²) in [5.41, 5.74) is 4.61. The molecule has 2 N–H and O–H groups in total. The maximum Gasteiger partial charge on any atom is 0.429 e. The zero-order chi connectivity index (χ0) is 23.4. The Hall–Kier alpha value is -4.14. The van der Waals surface area contributed by atoms with Crippen molar-refractivity contribution in [2.75, 3.05) is 6.54 Å². The number of aromatic amines is 1. The van der Waals surface area contributed by atoms with Crippen molar-refractivity contribution >= 4 is 22.9 Å². The van der Waals surface area contributed by atoms with Crippen molar-refractivity contribution in [3.8, 4) is 11.3 Å². The second kappa shape index (κ2) is 9.15. The number of nitrogens with one attached hydrogen (secondary N) is 2. The molecule has 2 aromatic heterocycles. The number of carbonyl (C=O) groups is 2. The van der Waals surface area contributed by atoms with Gasteiger partial charge in [0.15, 0.2) is 11.5 Å². The first-order valence-corrected chi connectivity index (χ1v) is 10.5. The molecule has 170 valence electrons. The van der Waals surface area contributed by atoms with Crippen LogP contribution in [0.3, 0.4) is 0 Å². The standard InChI is InChI=1S/C24H25N5O4/c1-24(2,3)32-23(31)29(12-11-16-7-5-4-6-8-16)27-22(30)20-14-21(33-28-20)17-9-10-19-18(13-17)15-25-26-19/h4-10,13-15H,11-12H2,1-3H3,(H,25,26)(H,27,30). The lowest BCUT2D eigenvalue weighted by Crippen LogP contribution is -2.49. The number of aromatic nitrogens is 3. The Labute approximate surface area is 190 Å². The van der Waals surface area contributed by atoms with Crippen molar-refractivity contribution in [2.45, 2.75) is 32.8 Å². The molecule has 0 aliphatic rings. The molecule has 0 aliphatic carbocycles. The van der Waals surface area contributed by atoms with Crippen LogP contribution in [-0.4, -0.2) is 44.5 Å². The third-order valence-electron chi connectivity index (χ3n) is 4.78. The van der Waals surface area contributed by atoms with E-state index in [0.717, 1.165) is 27.0 Å². The van der Waals surface area contributed by atoms with E-state index in [1.165, 1.54) is 6.07 Å². The highest BCUT2D eigenvalue weighted by atomic mass is 16.6. The Morgan fingerprint density at radius 2 is 1.91 bits per heavy atom. The maximum absolute atomic E-state index is 12.9. The minimum Gasteiger partial charge on any atom is -0.442 e. The van der Waals surface area contributed by atoms with Crippen LogP contribution in [0.1, 0.15) is 36.8 Å². The largest absolute Gasteiger partial charge is 0.442 e. The zero-order valence-corrected chi connectivity index (χ0v) is 18.7. The van der Waals surface area contributed by atoms with E-state index >= 15 is 0 Å². The summed E-state index contributed by atoms with van der Waals surface area (Å²) in [7, 11) is 0. The molecule has 33 heavy (non-hydrogen) atoms. The van der Waals surface area contributed by atoms with E-state index in [-0.39, 0.29) is 12.2 Å². The average Bonchev–Trinajstić information content (AvgIpc) is 3.45. The van der Waals surface area contributed by atoms with E-state index in [2.05, 4.69) is 20.8 Å². The predicted octanol–water partition coefficient (Wildman–Crippen LogP) is 4.34. The van der Waals surface area contributed by atoms with Gasteiger partial charge in [-0.1, -0.05) is 35.5 Å². The molecule has 0 saturated carbocycles. The molecule has 4 aromatic rings. The number of rotatable bonds is 5. The topological polar surface area (TPSA) is 113 Å². The molecule has 0 fully saturated rings. The van der Waals surface area contributed by atoms with E-state index in [0.29, 0.717) is 12.2 Å². The molecule has 0 atom stereocenters. The number of hydrazine groups is 1. The fraction of sp³-hybridized carbons (Fsp3) is 0.250. The summed E-state index contributed by atoms with van der Waals surface area (Å²) in [6, 6.07) is 16.8. The quantitative estimate of drug-likeness (QED) is 0.440. The summed E-state index contributed by atoms with van der Waals surface area (Å²) in [5.74, 6) is -0.148. The molecular formula is C24H25N5O4. The van der Waals surface area contributed by atoms with E-state index < -0.39 is 17.6 Å². The molecule has 0 unspecified atom stereocenters. The summed E-state index contributed by atoms with van der Waals surface area (Å²) in [5, 5.41) is 12.8. The number of hydrogen-bond donors (Lipinski definition) is 2. The number of carbonyl (C=O) groups excluding carboxylic acids is 2. The van der Waals surface area contributed by atoms with Crippen LogP contribution in [0.2, 0.25) is 0 Å². The van der Waals surface area contributed by atoms with Gasteiger partial charge >= 0.3 is 6.09 Å². The SMILES string of the molecule is CC(C)(C)OC(=O)N(CCc1ccccc1)NC(=O)c1cc(-c2ccc3[nH]ncc3c2)on1.